The van der Waals surface area contributed by atoms with Gasteiger partial charge in [-0.25, -0.2) is 0 Å². The molecule has 0 aromatic rings. The van der Waals surface area contributed by atoms with Crippen molar-refractivity contribution in [3.63, 3.8) is 0 Å². The second kappa shape index (κ2) is 5.60. The molecule has 0 aromatic carbocycles. The Bertz CT molecular complexity index is 205. The Morgan fingerprint density at radius 1 is 1.62 bits per heavy atom. The molecule has 0 saturated heterocycles. The Hall–Kier alpha value is -1.01. The van der Waals surface area contributed by atoms with Crippen LogP contribution in [0, 0.1) is 18.3 Å². The van der Waals surface area contributed by atoms with Gasteiger partial charge in [0.1, 0.15) is 0 Å². The van der Waals surface area contributed by atoms with E-state index in [0.717, 1.165) is 6.42 Å². The smallest absolute Gasteiger partial charge is 0.238 e. The molecule has 0 radical (unpaired) electrons. The van der Waals surface area contributed by atoms with E-state index in [1.165, 1.54) is 0 Å². The molecule has 0 aromatic heterocycles. The molecule has 13 heavy (non-hydrogen) atoms. The number of nitrogens with two attached hydrogens (primary N) is 1. The van der Waals surface area contributed by atoms with Crippen LogP contribution in [0.3, 0.4) is 0 Å². The van der Waals surface area contributed by atoms with Crippen molar-refractivity contribution in [2.75, 3.05) is 0 Å². The largest absolute Gasteiger partial charge is 0.341 e. The SMILES string of the molecule is C#CC(CC)NC(=O)[C@H](N)C(C)C. The number of amides is 1. The van der Waals surface area contributed by atoms with Gasteiger partial charge < -0.3 is 11.1 Å². The fourth-order valence-corrected chi connectivity index (χ4v) is 0.832. The topological polar surface area (TPSA) is 55.1 Å². The molecule has 3 N–H and O–H groups in total. The van der Waals surface area contributed by atoms with Crippen LogP contribution >= 0.6 is 0 Å². The van der Waals surface area contributed by atoms with E-state index in [4.69, 9.17) is 12.2 Å². The Morgan fingerprint density at radius 3 is 2.46 bits per heavy atom. The Kier molecular flexibility index (Phi) is 5.17. The molecule has 0 saturated carbocycles. The van der Waals surface area contributed by atoms with Gasteiger partial charge in [0.2, 0.25) is 5.91 Å². The highest BCUT2D eigenvalue weighted by atomic mass is 16.2. The summed E-state index contributed by atoms with van der Waals surface area (Å²) in [6.45, 7) is 5.73. The summed E-state index contributed by atoms with van der Waals surface area (Å²) in [6.07, 6.45) is 5.93. The standard InChI is InChI=1S/C10H18N2O/c1-5-8(6-2)12-10(13)9(11)7(3)4/h1,7-9H,6,11H2,2-4H3,(H,12,13)/t8?,9-/m1/s1. The summed E-state index contributed by atoms with van der Waals surface area (Å²) in [5, 5.41) is 2.70. The van der Waals surface area contributed by atoms with Gasteiger partial charge in [-0.15, -0.1) is 6.42 Å². The van der Waals surface area contributed by atoms with Gasteiger partial charge in [-0.05, 0) is 12.3 Å². The molecule has 74 valence electrons. The maximum atomic E-state index is 11.4. The van der Waals surface area contributed by atoms with Crippen LogP contribution < -0.4 is 11.1 Å². The zero-order valence-electron chi connectivity index (χ0n) is 8.50. The summed E-state index contributed by atoms with van der Waals surface area (Å²) in [5.41, 5.74) is 5.64. The van der Waals surface area contributed by atoms with Crippen molar-refractivity contribution in [2.45, 2.75) is 39.3 Å². The normalized spacial score (nSPS) is 14.8. The van der Waals surface area contributed by atoms with Crippen LogP contribution in [0.5, 0.6) is 0 Å². The van der Waals surface area contributed by atoms with Crippen LogP contribution in [0.15, 0.2) is 0 Å². The third kappa shape index (κ3) is 3.95. The van der Waals surface area contributed by atoms with E-state index in [9.17, 15) is 4.79 Å². The van der Waals surface area contributed by atoms with Crippen molar-refractivity contribution < 1.29 is 4.79 Å². The molecule has 0 rings (SSSR count). The van der Waals surface area contributed by atoms with Gasteiger partial charge in [0, 0.05) is 0 Å². The van der Waals surface area contributed by atoms with Crippen molar-refractivity contribution in [1.29, 1.82) is 0 Å². The molecule has 3 nitrogen and oxygen atoms in total. The van der Waals surface area contributed by atoms with E-state index in [-0.39, 0.29) is 17.9 Å². The van der Waals surface area contributed by atoms with Gasteiger partial charge in [0.25, 0.3) is 0 Å². The third-order valence-electron chi connectivity index (χ3n) is 1.95. The Morgan fingerprint density at radius 2 is 2.15 bits per heavy atom. The molecule has 0 aliphatic heterocycles. The summed E-state index contributed by atoms with van der Waals surface area (Å²) in [7, 11) is 0. The van der Waals surface area contributed by atoms with E-state index in [2.05, 4.69) is 11.2 Å². The minimum Gasteiger partial charge on any atom is -0.341 e. The van der Waals surface area contributed by atoms with E-state index in [0.29, 0.717) is 0 Å². The predicted octanol–water partition coefficient (Wildman–Crippen LogP) is 0.498. The second-order valence-corrected chi connectivity index (χ2v) is 3.41. The molecule has 0 spiro atoms. The fraction of sp³-hybridized carbons (Fsp3) is 0.700. The van der Waals surface area contributed by atoms with Gasteiger partial charge in [0.05, 0.1) is 12.1 Å². The molecule has 1 amide bonds. The molecule has 0 heterocycles. The molecule has 0 aliphatic rings. The maximum absolute atomic E-state index is 11.4. The third-order valence-corrected chi connectivity index (χ3v) is 1.95. The van der Waals surface area contributed by atoms with Gasteiger partial charge in [0.15, 0.2) is 0 Å². The summed E-state index contributed by atoms with van der Waals surface area (Å²) < 4.78 is 0. The van der Waals surface area contributed by atoms with Crippen molar-refractivity contribution in [3.8, 4) is 12.3 Å². The number of hydrogen-bond donors (Lipinski definition) is 2. The predicted molar refractivity (Wildman–Crippen MR) is 53.9 cm³/mol. The first-order valence-electron chi connectivity index (χ1n) is 4.55. The van der Waals surface area contributed by atoms with Crippen LogP contribution in [-0.2, 0) is 4.79 Å². The lowest BCUT2D eigenvalue weighted by Gasteiger charge is -2.17. The Balaban J connectivity index is 4.08. The quantitative estimate of drug-likeness (QED) is 0.622. The monoisotopic (exact) mass is 182 g/mol. The first-order valence-corrected chi connectivity index (χ1v) is 4.55. The number of nitrogens with one attached hydrogen (secondary N) is 1. The molecule has 0 aliphatic carbocycles. The first kappa shape index (κ1) is 12.0. The summed E-state index contributed by atoms with van der Waals surface area (Å²) >= 11 is 0. The summed E-state index contributed by atoms with van der Waals surface area (Å²) in [4.78, 5) is 11.4. The number of carbonyl (C=O) groups is 1. The lowest BCUT2D eigenvalue weighted by molar-refractivity contribution is -0.123. The van der Waals surface area contributed by atoms with Gasteiger partial charge in [-0.3, -0.25) is 4.79 Å². The van der Waals surface area contributed by atoms with E-state index in [1.807, 2.05) is 20.8 Å². The fourth-order valence-electron chi connectivity index (χ4n) is 0.832. The zero-order chi connectivity index (χ0) is 10.4. The first-order chi connectivity index (χ1) is 6.02. The van der Waals surface area contributed by atoms with E-state index < -0.39 is 6.04 Å². The molecule has 1 unspecified atom stereocenters. The van der Waals surface area contributed by atoms with Crippen LogP contribution in [0.2, 0.25) is 0 Å². The number of terminal acetylenes is 1. The highest BCUT2D eigenvalue weighted by molar-refractivity contribution is 5.82. The highest BCUT2D eigenvalue weighted by Crippen LogP contribution is 1.99. The van der Waals surface area contributed by atoms with Crippen molar-refractivity contribution in [1.82, 2.24) is 5.32 Å². The molecule has 2 atom stereocenters. The van der Waals surface area contributed by atoms with Gasteiger partial charge in [-0.1, -0.05) is 26.7 Å². The van der Waals surface area contributed by atoms with E-state index >= 15 is 0 Å². The van der Waals surface area contributed by atoms with Crippen molar-refractivity contribution >= 4 is 5.91 Å². The average molecular weight is 182 g/mol. The van der Waals surface area contributed by atoms with Crippen molar-refractivity contribution in [2.24, 2.45) is 11.7 Å². The minimum absolute atomic E-state index is 0.135. The lowest BCUT2D eigenvalue weighted by Crippen LogP contribution is -2.47. The van der Waals surface area contributed by atoms with Crippen LogP contribution in [0.1, 0.15) is 27.2 Å². The van der Waals surface area contributed by atoms with E-state index in [1.54, 1.807) is 0 Å². The minimum atomic E-state index is -0.470. The van der Waals surface area contributed by atoms with Crippen LogP contribution in [0.25, 0.3) is 0 Å². The van der Waals surface area contributed by atoms with Crippen molar-refractivity contribution in [3.05, 3.63) is 0 Å². The average Bonchev–Trinajstić information content (AvgIpc) is 2.12. The number of carbonyl (C=O) groups excluding carboxylic acids is 1. The Labute approximate surface area is 80.1 Å². The summed E-state index contributed by atoms with van der Waals surface area (Å²) in [6, 6.07) is -0.667. The molecular weight excluding hydrogens is 164 g/mol. The molecule has 0 fully saturated rings. The molecular formula is C10H18N2O. The summed E-state index contributed by atoms with van der Waals surface area (Å²) in [5.74, 6) is 2.46. The number of rotatable bonds is 4. The lowest BCUT2D eigenvalue weighted by atomic mass is 10.0. The maximum Gasteiger partial charge on any atom is 0.238 e. The highest BCUT2D eigenvalue weighted by Gasteiger charge is 2.18. The van der Waals surface area contributed by atoms with Crippen LogP contribution in [-0.4, -0.2) is 18.0 Å². The molecule has 0 bridgehead atoms. The zero-order valence-corrected chi connectivity index (χ0v) is 8.50. The van der Waals surface area contributed by atoms with Crippen LogP contribution in [0.4, 0.5) is 0 Å². The van der Waals surface area contributed by atoms with Gasteiger partial charge in [-0.2, -0.15) is 0 Å². The van der Waals surface area contributed by atoms with Gasteiger partial charge >= 0.3 is 0 Å². The number of hydrogen-bond acceptors (Lipinski definition) is 2. The second-order valence-electron chi connectivity index (χ2n) is 3.41. The molecule has 3 heteroatoms.